The first kappa shape index (κ1) is 22.2. The quantitative estimate of drug-likeness (QED) is 0.586. The Hall–Kier alpha value is -2.51. The summed E-state index contributed by atoms with van der Waals surface area (Å²) < 4.78 is 32.8. The van der Waals surface area contributed by atoms with Gasteiger partial charge in [-0.15, -0.1) is 0 Å². The average Bonchev–Trinajstić information content (AvgIpc) is 3.08. The monoisotopic (exact) mass is 427 g/mol. The number of aryl methyl sites for hydroxylation is 3. The lowest BCUT2D eigenvalue weighted by Crippen LogP contribution is -2.28. The molecule has 3 rings (SSSR count). The van der Waals surface area contributed by atoms with Crippen molar-refractivity contribution in [2.24, 2.45) is 0 Å². The first-order valence-corrected chi connectivity index (χ1v) is 11.3. The standard InChI is InChI=1S/C23H29N3O3S/c1-15-12-16(2)21(17(3)13-15)30(27,28)26(7)14-20-24-22(25-29-20)18-8-10-19(11-9-18)23(4,5)6/h8-13H,14H2,1-7H3. The summed E-state index contributed by atoms with van der Waals surface area (Å²) >= 11 is 0. The minimum Gasteiger partial charge on any atom is -0.338 e. The van der Waals surface area contributed by atoms with Crippen LogP contribution >= 0.6 is 0 Å². The molecule has 1 heterocycles. The van der Waals surface area contributed by atoms with Crippen molar-refractivity contribution in [1.29, 1.82) is 0 Å². The molecule has 0 saturated carbocycles. The molecule has 3 aromatic rings. The number of hydrogen-bond donors (Lipinski definition) is 0. The Kier molecular flexibility index (Phi) is 5.89. The Morgan fingerprint density at radius 1 is 1.00 bits per heavy atom. The zero-order valence-corrected chi connectivity index (χ0v) is 19.5. The second kappa shape index (κ2) is 7.96. The predicted octanol–water partition coefficient (Wildman–Crippen LogP) is 4.78. The Bertz CT molecular complexity index is 1130. The third-order valence-electron chi connectivity index (χ3n) is 5.11. The summed E-state index contributed by atoms with van der Waals surface area (Å²) in [4.78, 5) is 4.72. The fraction of sp³-hybridized carbons (Fsp3) is 0.391. The first-order chi connectivity index (χ1) is 13.9. The lowest BCUT2D eigenvalue weighted by molar-refractivity contribution is 0.336. The number of aromatic nitrogens is 2. The van der Waals surface area contributed by atoms with Crippen LogP contribution < -0.4 is 0 Å². The largest absolute Gasteiger partial charge is 0.338 e. The summed E-state index contributed by atoms with van der Waals surface area (Å²) in [5, 5.41) is 4.03. The highest BCUT2D eigenvalue weighted by Crippen LogP contribution is 2.27. The third-order valence-corrected chi connectivity index (χ3v) is 7.22. The zero-order chi connectivity index (χ0) is 22.3. The first-order valence-electron chi connectivity index (χ1n) is 9.87. The van der Waals surface area contributed by atoms with Gasteiger partial charge in [-0.3, -0.25) is 0 Å². The lowest BCUT2D eigenvalue weighted by Gasteiger charge is -2.19. The molecule has 6 nitrogen and oxygen atoms in total. The van der Waals surface area contributed by atoms with E-state index in [9.17, 15) is 8.42 Å². The maximum Gasteiger partial charge on any atom is 0.243 e. The van der Waals surface area contributed by atoms with E-state index in [1.54, 1.807) is 0 Å². The Morgan fingerprint density at radius 2 is 1.57 bits per heavy atom. The van der Waals surface area contributed by atoms with Crippen molar-refractivity contribution in [2.75, 3.05) is 7.05 Å². The van der Waals surface area contributed by atoms with Crippen LogP contribution in [0.15, 0.2) is 45.8 Å². The lowest BCUT2D eigenvalue weighted by atomic mass is 9.87. The van der Waals surface area contributed by atoms with Crippen LogP contribution in [0.3, 0.4) is 0 Å². The summed E-state index contributed by atoms with van der Waals surface area (Å²) in [7, 11) is -2.16. The summed E-state index contributed by atoms with van der Waals surface area (Å²) in [5.74, 6) is 0.692. The second-order valence-electron chi connectivity index (χ2n) is 8.83. The topological polar surface area (TPSA) is 76.3 Å². The summed E-state index contributed by atoms with van der Waals surface area (Å²) in [6, 6.07) is 11.7. The fourth-order valence-electron chi connectivity index (χ4n) is 3.56. The van der Waals surface area contributed by atoms with Gasteiger partial charge in [0.25, 0.3) is 0 Å². The van der Waals surface area contributed by atoms with Crippen molar-refractivity contribution in [3.63, 3.8) is 0 Å². The van der Waals surface area contributed by atoms with Gasteiger partial charge >= 0.3 is 0 Å². The average molecular weight is 428 g/mol. The molecule has 0 radical (unpaired) electrons. The molecular weight excluding hydrogens is 398 g/mol. The molecule has 0 aliphatic carbocycles. The SMILES string of the molecule is Cc1cc(C)c(S(=O)(=O)N(C)Cc2nc(-c3ccc(C(C)(C)C)cc3)no2)c(C)c1. The maximum absolute atomic E-state index is 13.1. The van der Waals surface area contributed by atoms with Crippen molar-refractivity contribution < 1.29 is 12.9 Å². The minimum atomic E-state index is -3.69. The molecule has 0 fully saturated rings. The van der Waals surface area contributed by atoms with Crippen LogP contribution in [0.2, 0.25) is 0 Å². The minimum absolute atomic E-state index is 0.00215. The van der Waals surface area contributed by atoms with Gasteiger partial charge in [-0.25, -0.2) is 8.42 Å². The molecule has 0 aliphatic heterocycles. The van der Waals surface area contributed by atoms with Crippen molar-refractivity contribution in [1.82, 2.24) is 14.4 Å². The number of hydrogen-bond acceptors (Lipinski definition) is 5. The van der Waals surface area contributed by atoms with Gasteiger partial charge in [-0.2, -0.15) is 9.29 Å². The molecule has 0 amide bonds. The Balaban J connectivity index is 1.82. The number of rotatable bonds is 5. The molecule has 0 aliphatic rings. The second-order valence-corrected chi connectivity index (χ2v) is 10.8. The highest BCUT2D eigenvalue weighted by atomic mass is 32.2. The molecule has 30 heavy (non-hydrogen) atoms. The van der Waals surface area contributed by atoms with Gasteiger partial charge in [0, 0.05) is 12.6 Å². The van der Waals surface area contributed by atoms with E-state index in [1.165, 1.54) is 16.9 Å². The molecule has 0 unspecified atom stereocenters. The van der Waals surface area contributed by atoms with Crippen LogP contribution in [-0.4, -0.2) is 29.9 Å². The molecule has 160 valence electrons. The van der Waals surface area contributed by atoms with Gasteiger partial charge in [-0.05, 0) is 42.9 Å². The van der Waals surface area contributed by atoms with Crippen LogP contribution in [0, 0.1) is 20.8 Å². The van der Waals surface area contributed by atoms with Crippen LogP contribution in [0.1, 0.15) is 48.9 Å². The highest BCUT2D eigenvalue weighted by Gasteiger charge is 2.27. The van der Waals surface area contributed by atoms with E-state index in [0.29, 0.717) is 10.7 Å². The van der Waals surface area contributed by atoms with Crippen molar-refractivity contribution in [3.8, 4) is 11.4 Å². The van der Waals surface area contributed by atoms with Gasteiger partial charge < -0.3 is 4.52 Å². The summed E-state index contributed by atoms with van der Waals surface area (Å²) in [6.45, 7) is 12.0. The molecule has 0 bridgehead atoms. The van der Waals surface area contributed by atoms with Crippen molar-refractivity contribution >= 4 is 10.0 Å². The molecule has 0 spiro atoms. The van der Waals surface area contributed by atoms with Gasteiger partial charge in [-0.1, -0.05) is 67.9 Å². The van der Waals surface area contributed by atoms with Crippen molar-refractivity contribution in [2.45, 2.75) is 58.4 Å². The normalized spacial score (nSPS) is 12.5. The summed E-state index contributed by atoms with van der Waals surface area (Å²) in [6.07, 6.45) is 0. The van der Waals surface area contributed by atoms with E-state index in [1.807, 2.05) is 57.2 Å². The maximum atomic E-state index is 13.1. The van der Waals surface area contributed by atoms with E-state index in [0.717, 1.165) is 22.3 Å². The summed E-state index contributed by atoms with van der Waals surface area (Å²) in [5.41, 5.74) is 4.59. The number of nitrogens with zero attached hydrogens (tertiary/aromatic N) is 3. The predicted molar refractivity (Wildman–Crippen MR) is 118 cm³/mol. The van der Waals surface area contributed by atoms with E-state index in [-0.39, 0.29) is 17.9 Å². The van der Waals surface area contributed by atoms with Crippen LogP contribution in [0.25, 0.3) is 11.4 Å². The zero-order valence-electron chi connectivity index (χ0n) is 18.6. The molecule has 0 atom stereocenters. The molecule has 0 N–H and O–H groups in total. The van der Waals surface area contributed by atoms with Gasteiger partial charge in [0.15, 0.2) is 0 Å². The van der Waals surface area contributed by atoms with E-state index in [4.69, 9.17) is 4.52 Å². The van der Waals surface area contributed by atoms with E-state index in [2.05, 4.69) is 30.9 Å². The van der Waals surface area contributed by atoms with Crippen LogP contribution in [-0.2, 0) is 22.0 Å². The van der Waals surface area contributed by atoms with Crippen molar-refractivity contribution in [3.05, 3.63) is 64.5 Å². The van der Waals surface area contributed by atoms with E-state index >= 15 is 0 Å². The van der Waals surface area contributed by atoms with Gasteiger partial charge in [0.1, 0.15) is 0 Å². The smallest absolute Gasteiger partial charge is 0.243 e. The molecule has 1 aromatic heterocycles. The van der Waals surface area contributed by atoms with Gasteiger partial charge in [0.2, 0.25) is 21.7 Å². The molecular formula is C23H29N3O3S. The fourth-order valence-corrected chi connectivity index (χ4v) is 5.08. The number of sulfonamides is 1. The molecule has 2 aromatic carbocycles. The third kappa shape index (κ3) is 4.47. The number of benzene rings is 2. The molecule has 7 heteroatoms. The Morgan fingerprint density at radius 3 is 2.10 bits per heavy atom. The highest BCUT2D eigenvalue weighted by molar-refractivity contribution is 7.89. The molecule has 0 saturated heterocycles. The van der Waals surface area contributed by atoms with E-state index < -0.39 is 10.0 Å². The van der Waals surface area contributed by atoms with Crippen LogP contribution in [0.4, 0.5) is 0 Å². The Labute approximate surface area is 179 Å². The van der Waals surface area contributed by atoms with Crippen LogP contribution in [0.5, 0.6) is 0 Å². The van der Waals surface area contributed by atoms with Gasteiger partial charge in [0.05, 0.1) is 11.4 Å².